The van der Waals surface area contributed by atoms with E-state index in [-0.39, 0.29) is 42.7 Å². The molecule has 3 unspecified atom stereocenters. The molecule has 1 aliphatic heterocycles. The molecule has 1 aromatic carbocycles. The van der Waals surface area contributed by atoms with Gasteiger partial charge in [-0.25, -0.2) is 0 Å². The third kappa shape index (κ3) is 4.67. The van der Waals surface area contributed by atoms with Gasteiger partial charge in [0.05, 0.1) is 5.92 Å². The van der Waals surface area contributed by atoms with Gasteiger partial charge in [-0.15, -0.1) is 0 Å². The van der Waals surface area contributed by atoms with Crippen LogP contribution in [0, 0.1) is 11.8 Å². The summed E-state index contributed by atoms with van der Waals surface area (Å²) in [4.78, 5) is 38.2. The molecule has 3 atom stereocenters. The Morgan fingerprint density at radius 2 is 1.81 bits per heavy atom. The van der Waals surface area contributed by atoms with Crippen molar-refractivity contribution in [1.82, 2.24) is 10.2 Å². The van der Waals surface area contributed by atoms with E-state index in [1.54, 1.807) is 4.90 Å². The Morgan fingerprint density at radius 3 is 2.44 bits per heavy atom. The monoisotopic (exact) mass is 372 g/mol. The molecule has 1 aromatic rings. The van der Waals surface area contributed by atoms with Crippen molar-refractivity contribution >= 4 is 17.8 Å². The number of amides is 2. The van der Waals surface area contributed by atoms with Crippen LogP contribution in [0.25, 0.3) is 0 Å². The molecule has 2 fully saturated rings. The summed E-state index contributed by atoms with van der Waals surface area (Å²) in [6.07, 6.45) is 4.24. The first-order valence-corrected chi connectivity index (χ1v) is 9.81. The lowest BCUT2D eigenvalue weighted by Crippen LogP contribution is -2.40. The fourth-order valence-corrected chi connectivity index (χ4v) is 4.29. The van der Waals surface area contributed by atoms with Crippen LogP contribution in [0.2, 0.25) is 0 Å². The van der Waals surface area contributed by atoms with Gasteiger partial charge in [0.25, 0.3) is 0 Å². The topological polar surface area (TPSA) is 86.7 Å². The number of hydrogen-bond donors (Lipinski definition) is 2. The number of hydrogen-bond acceptors (Lipinski definition) is 3. The summed E-state index contributed by atoms with van der Waals surface area (Å²) in [5.74, 6) is -1.65. The molecule has 3 rings (SSSR count). The fourth-order valence-electron chi connectivity index (χ4n) is 4.29. The van der Waals surface area contributed by atoms with E-state index >= 15 is 0 Å². The lowest BCUT2D eigenvalue weighted by Gasteiger charge is -2.21. The third-order valence-electron chi connectivity index (χ3n) is 5.81. The Labute approximate surface area is 159 Å². The van der Waals surface area contributed by atoms with Gasteiger partial charge in [0.2, 0.25) is 11.8 Å². The third-order valence-corrected chi connectivity index (χ3v) is 5.81. The van der Waals surface area contributed by atoms with Crippen LogP contribution < -0.4 is 5.32 Å². The van der Waals surface area contributed by atoms with Gasteiger partial charge in [-0.1, -0.05) is 43.2 Å². The smallest absolute Gasteiger partial charge is 0.308 e. The van der Waals surface area contributed by atoms with Gasteiger partial charge in [-0.3, -0.25) is 14.4 Å². The second-order valence-electron chi connectivity index (χ2n) is 7.86. The zero-order valence-corrected chi connectivity index (χ0v) is 15.8. The van der Waals surface area contributed by atoms with Gasteiger partial charge >= 0.3 is 5.97 Å². The number of carbonyl (C=O) groups is 3. The lowest BCUT2D eigenvalue weighted by molar-refractivity contribution is -0.141. The first kappa shape index (κ1) is 19.4. The number of benzene rings is 1. The maximum atomic E-state index is 12.7. The molecule has 1 aliphatic carbocycles. The minimum absolute atomic E-state index is 0.0415. The van der Waals surface area contributed by atoms with E-state index in [1.165, 1.54) is 0 Å². The predicted molar refractivity (Wildman–Crippen MR) is 101 cm³/mol. The quantitative estimate of drug-likeness (QED) is 0.803. The highest BCUT2D eigenvalue weighted by Crippen LogP contribution is 2.33. The van der Waals surface area contributed by atoms with Gasteiger partial charge in [0.1, 0.15) is 0 Å². The van der Waals surface area contributed by atoms with Crippen molar-refractivity contribution in [3.63, 3.8) is 0 Å². The van der Waals surface area contributed by atoms with E-state index in [9.17, 15) is 19.5 Å². The molecular formula is C21H28N2O4. The Morgan fingerprint density at radius 1 is 1.15 bits per heavy atom. The molecule has 1 saturated heterocycles. The van der Waals surface area contributed by atoms with Crippen molar-refractivity contribution in [1.29, 1.82) is 0 Å². The summed E-state index contributed by atoms with van der Waals surface area (Å²) in [6.45, 7) is 2.46. The summed E-state index contributed by atoms with van der Waals surface area (Å²) in [7, 11) is 0. The highest BCUT2D eigenvalue weighted by atomic mass is 16.4. The summed E-state index contributed by atoms with van der Waals surface area (Å²) < 4.78 is 0. The van der Waals surface area contributed by atoms with Crippen molar-refractivity contribution in [2.24, 2.45) is 11.8 Å². The summed E-state index contributed by atoms with van der Waals surface area (Å²) >= 11 is 0. The largest absolute Gasteiger partial charge is 0.481 e. The maximum Gasteiger partial charge on any atom is 0.308 e. The van der Waals surface area contributed by atoms with Gasteiger partial charge in [0, 0.05) is 37.4 Å². The fraction of sp³-hybridized carbons (Fsp3) is 0.571. The van der Waals surface area contributed by atoms with Gasteiger partial charge < -0.3 is 15.3 Å². The molecule has 146 valence electrons. The van der Waals surface area contributed by atoms with E-state index in [0.29, 0.717) is 6.54 Å². The second kappa shape index (κ2) is 8.55. The van der Waals surface area contributed by atoms with Gasteiger partial charge in [-0.05, 0) is 25.3 Å². The van der Waals surface area contributed by atoms with E-state index in [4.69, 9.17) is 0 Å². The van der Waals surface area contributed by atoms with E-state index in [2.05, 4.69) is 5.32 Å². The van der Waals surface area contributed by atoms with Crippen molar-refractivity contribution in [2.45, 2.75) is 51.0 Å². The van der Waals surface area contributed by atoms with Crippen LogP contribution in [0.1, 0.15) is 50.5 Å². The predicted octanol–water partition coefficient (Wildman–Crippen LogP) is 2.40. The Kier molecular flexibility index (Phi) is 6.14. The Hall–Kier alpha value is -2.37. The number of nitrogens with zero attached hydrogens (tertiary/aromatic N) is 1. The van der Waals surface area contributed by atoms with Crippen LogP contribution in [0.5, 0.6) is 0 Å². The normalized spacial score (nSPS) is 24.0. The van der Waals surface area contributed by atoms with E-state index in [0.717, 1.165) is 31.2 Å². The van der Waals surface area contributed by atoms with Crippen LogP contribution >= 0.6 is 0 Å². The molecule has 2 aliphatic rings. The molecule has 0 aromatic heterocycles. The minimum atomic E-state index is -0.873. The van der Waals surface area contributed by atoms with Crippen LogP contribution in [0.4, 0.5) is 0 Å². The summed E-state index contributed by atoms with van der Waals surface area (Å²) in [5, 5.41) is 12.5. The minimum Gasteiger partial charge on any atom is -0.481 e. The summed E-state index contributed by atoms with van der Waals surface area (Å²) in [5.41, 5.74) is 0.947. The van der Waals surface area contributed by atoms with Crippen LogP contribution in [0.3, 0.4) is 0 Å². The van der Waals surface area contributed by atoms with Crippen molar-refractivity contribution in [3.8, 4) is 0 Å². The van der Waals surface area contributed by atoms with Crippen LogP contribution in [-0.4, -0.2) is 46.9 Å². The summed E-state index contributed by atoms with van der Waals surface area (Å²) in [6, 6.07) is 9.26. The molecule has 0 bridgehead atoms. The number of likely N-dealkylation sites (tertiary alicyclic amines) is 1. The molecule has 0 spiro atoms. The van der Waals surface area contributed by atoms with Crippen LogP contribution in [0.15, 0.2) is 30.3 Å². The molecular weight excluding hydrogens is 344 g/mol. The molecule has 6 heteroatoms. The van der Waals surface area contributed by atoms with Gasteiger partial charge in [0.15, 0.2) is 0 Å². The number of rotatable bonds is 6. The average Bonchev–Trinajstić information content (AvgIpc) is 3.32. The zero-order valence-electron chi connectivity index (χ0n) is 15.8. The standard InChI is InChI=1S/C21H28N2O4/c1-14(22-20(25)16-9-5-6-10-16)11-19(24)23-12-17(18(13-23)21(26)27)15-7-3-2-4-8-15/h2-4,7-8,14,16-18H,5-6,9-13H2,1H3,(H,22,25)(H,26,27). The van der Waals surface area contributed by atoms with Crippen molar-refractivity contribution in [2.75, 3.05) is 13.1 Å². The molecule has 2 amide bonds. The number of carboxylic acids is 1. The number of aliphatic carboxylic acids is 1. The highest BCUT2D eigenvalue weighted by Gasteiger charge is 2.40. The van der Waals surface area contributed by atoms with Gasteiger partial charge in [-0.2, -0.15) is 0 Å². The zero-order chi connectivity index (χ0) is 19.4. The number of carbonyl (C=O) groups excluding carboxylic acids is 2. The Balaban J connectivity index is 1.58. The first-order chi connectivity index (χ1) is 13.0. The second-order valence-corrected chi connectivity index (χ2v) is 7.86. The average molecular weight is 372 g/mol. The number of nitrogens with one attached hydrogen (secondary N) is 1. The molecule has 2 N–H and O–H groups in total. The molecule has 6 nitrogen and oxygen atoms in total. The van der Waals surface area contributed by atoms with Crippen molar-refractivity contribution < 1.29 is 19.5 Å². The lowest BCUT2D eigenvalue weighted by atomic mass is 9.89. The molecule has 0 radical (unpaired) electrons. The molecule has 27 heavy (non-hydrogen) atoms. The number of carboxylic acid groups (broad SMARTS) is 1. The first-order valence-electron chi connectivity index (χ1n) is 9.81. The highest BCUT2D eigenvalue weighted by molar-refractivity contribution is 5.82. The molecule has 1 saturated carbocycles. The van der Waals surface area contributed by atoms with Crippen molar-refractivity contribution in [3.05, 3.63) is 35.9 Å². The van der Waals surface area contributed by atoms with E-state index in [1.807, 2.05) is 37.3 Å². The van der Waals surface area contributed by atoms with E-state index < -0.39 is 11.9 Å². The maximum absolute atomic E-state index is 12.7. The molecule has 1 heterocycles. The Bertz CT molecular complexity index is 685. The van der Waals surface area contributed by atoms with Crippen LogP contribution in [-0.2, 0) is 14.4 Å². The SMILES string of the molecule is CC(CC(=O)N1CC(C(=O)O)C(c2ccccc2)C1)NC(=O)C1CCCC1.